The standard InChI is InChI=1S/C18H22N2OS/c1-4-17(22-15-9-6-8-14(19)11-15)18(21)20-16-10-5-7-12(2)13(16)3/h5-11,17H,4,19H2,1-3H3,(H,20,21). The lowest BCUT2D eigenvalue weighted by atomic mass is 10.1. The molecule has 2 rings (SSSR count). The van der Waals surface area contributed by atoms with Crippen LogP contribution in [-0.2, 0) is 4.79 Å². The maximum atomic E-state index is 12.5. The van der Waals surface area contributed by atoms with E-state index in [4.69, 9.17) is 5.73 Å². The van der Waals surface area contributed by atoms with Gasteiger partial charge in [-0.1, -0.05) is 25.1 Å². The summed E-state index contributed by atoms with van der Waals surface area (Å²) in [6.07, 6.45) is 0.760. The smallest absolute Gasteiger partial charge is 0.237 e. The van der Waals surface area contributed by atoms with Crippen LogP contribution in [0.25, 0.3) is 0 Å². The monoisotopic (exact) mass is 314 g/mol. The Bertz CT molecular complexity index is 670. The number of hydrogen-bond acceptors (Lipinski definition) is 3. The third-order valence-corrected chi connectivity index (χ3v) is 5.02. The SMILES string of the molecule is CCC(Sc1cccc(N)c1)C(=O)Nc1cccc(C)c1C. The van der Waals surface area contributed by atoms with E-state index in [-0.39, 0.29) is 11.2 Å². The number of anilines is 2. The second-order valence-corrected chi connectivity index (χ2v) is 6.60. The Kier molecular flexibility index (Phi) is 5.50. The van der Waals surface area contributed by atoms with Crippen LogP contribution in [0.1, 0.15) is 24.5 Å². The first-order valence-corrected chi connectivity index (χ1v) is 8.28. The summed E-state index contributed by atoms with van der Waals surface area (Å²) in [5.74, 6) is 0.0311. The second-order valence-electron chi connectivity index (χ2n) is 5.32. The Morgan fingerprint density at radius 3 is 2.64 bits per heavy atom. The first-order chi connectivity index (χ1) is 10.5. The predicted molar refractivity (Wildman–Crippen MR) is 95.3 cm³/mol. The highest BCUT2D eigenvalue weighted by Crippen LogP contribution is 2.28. The van der Waals surface area contributed by atoms with Gasteiger partial charge in [0.05, 0.1) is 5.25 Å². The molecule has 0 saturated heterocycles. The zero-order valence-electron chi connectivity index (χ0n) is 13.2. The van der Waals surface area contributed by atoms with Gasteiger partial charge in [0.15, 0.2) is 0 Å². The maximum absolute atomic E-state index is 12.5. The van der Waals surface area contributed by atoms with Crippen LogP contribution in [0.15, 0.2) is 47.4 Å². The van der Waals surface area contributed by atoms with E-state index in [0.717, 1.165) is 28.3 Å². The summed E-state index contributed by atoms with van der Waals surface area (Å²) >= 11 is 1.55. The van der Waals surface area contributed by atoms with Gasteiger partial charge in [-0.3, -0.25) is 4.79 Å². The zero-order chi connectivity index (χ0) is 16.1. The average molecular weight is 314 g/mol. The lowest BCUT2D eigenvalue weighted by Gasteiger charge is -2.16. The largest absolute Gasteiger partial charge is 0.399 e. The van der Waals surface area contributed by atoms with Gasteiger partial charge in [-0.25, -0.2) is 0 Å². The fourth-order valence-corrected chi connectivity index (χ4v) is 3.20. The Hall–Kier alpha value is -1.94. The summed E-state index contributed by atoms with van der Waals surface area (Å²) in [5.41, 5.74) is 9.69. The Morgan fingerprint density at radius 1 is 1.23 bits per heavy atom. The van der Waals surface area contributed by atoms with Gasteiger partial charge in [0.1, 0.15) is 0 Å². The van der Waals surface area contributed by atoms with Gasteiger partial charge in [-0.15, -0.1) is 11.8 Å². The van der Waals surface area contributed by atoms with Crippen molar-refractivity contribution in [2.75, 3.05) is 11.1 Å². The van der Waals surface area contributed by atoms with E-state index in [0.29, 0.717) is 0 Å². The normalized spacial score (nSPS) is 12.0. The van der Waals surface area contributed by atoms with E-state index in [1.807, 2.05) is 63.2 Å². The summed E-state index contributed by atoms with van der Waals surface area (Å²) in [7, 11) is 0. The zero-order valence-corrected chi connectivity index (χ0v) is 14.0. The molecule has 0 aliphatic heterocycles. The van der Waals surface area contributed by atoms with Crippen LogP contribution in [0.4, 0.5) is 11.4 Å². The number of thioether (sulfide) groups is 1. The van der Waals surface area contributed by atoms with Crippen LogP contribution in [0, 0.1) is 13.8 Å². The Morgan fingerprint density at radius 2 is 1.95 bits per heavy atom. The van der Waals surface area contributed by atoms with Gasteiger partial charge in [0.25, 0.3) is 0 Å². The fourth-order valence-electron chi connectivity index (χ4n) is 2.17. The topological polar surface area (TPSA) is 55.1 Å². The Labute approximate surface area is 136 Å². The first-order valence-electron chi connectivity index (χ1n) is 7.40. The van der Waals surface area contributed by atoms with Crippen molar-refractivity contribution >= 4 is 29.0 Å². The van der Waals surface area contributed by atoms with E-state index in [1.54, 1.807) is 11.8 Å². The quantitative estimate of drug-likeness (QED) is 0.635. The molecule has 22 heavy (non-hydrogen) atoms. The molecule has 0 bridgehead atoms. The molecule has 0 aliphatic rings. The van der Waals surface area contributed by atoms with Gasteiger partial charge in [0.2, 0.25) is 5.91 Å². The molecule has 116 valence electrons. The Balaban J connectivity index is 2.10. The second kappa shape index (κ2) is 7.36. The molecule has 0 heterocycles. The van der Waals surface area contributed by atoms with Crippen LogP contribution >= 0.6 is 11.8 Å². The predicted octanol–water partition coefficient (Wildman–Crippen LogP) is 4.40. The van der Waals surface area contributed by atoms with Crippen LogP contribution in [-0.4, -0.2) is 11.2 Å². The molecule has 2 aromatic carbocycles. The van der Waals surface area contributed by atoms with Gasteiger partial charge in [-0.2, -0.15) is 0 Å². The summed E-state index contributed by atoms with van der Waals surface area (Å²) in [5, 5.41) is 2.91. The number of aryl methyl sites for hydroxylation is 1. The van der Waals surface area contributed by atoms with Gasteiger partial charge in [-0.05, 0) is 55.7 Å². The fraction of sp³-hybridized carbons (Fsp3) is 0.278. The summed E-state index contributed by atoms with van der Waals surface area (Å²) in [4.78, 5) is 13.5. The molecule has 0 fully saturated rings. The highest BCUT2D eigenvalue weighted by molar-refractivity contribution is 8.00. The van der Waals surface area contributed by atoms with Crippen LogP contribution in [0.5, 0.6) is 0 Å². The van der Waals surface area contributed by atoms with Crippen LogP contribution in [0.2, 0.25) is 0 Å². The van der Waals surface area contributed by atoms with Crippen molar-refractivity contribution in [1.29, 1.82) is 0 Å². The van der Waals surface area contributed by atoms with Crippen molar-refractivity contribution in [2.24, 2.45) is 0 Å². The van der Waals surface area contributed by atoms with Crippen LogP contribution in [0.3, 0.4) is 0 Å². The van der Waals surface area contributed by atoms with E-state index >= 15 is 0 Å². The molecule has 1 atom stereocenters. The highest BCUT2D eigenvalue weighted by Gasteiger charge is 2.18. The minimum Gasteiger partial charge on any atom is -0.399 e. The van der Waals surface area contributed by atoms with Crippen molar-refractivity contribution in [1.82, 2.24) is 0 Å². The van der Waals surface area contributed by atoms with E-state index in [1.165, 1.54) is 5.56 Å². The van der Waals surface area contributed by atoms with Gasteiger partial charge >= 0.3 is 0 Å². The molecule has 4 heteroatoms. The number of hydrogen-bond donors (Lipinski definition) is 2. The van der Waals surface area contributed by atoms with Crippen molar-refractivity contribution in [3.63, 3.8) is 0 Å². The molecular formula is C18H22N2OS. The molecule has 2 aromatic rings. The molecule has 1 amide bonds. The molecule has 3 N–H and O–H groups in total. The maximum Gasteiger partial charge on any atom is 0.237 e. The number of nitrogen functional groups attached to an aromatic ring is 1. The lowest BCUT2D eigenvalue weighted by Crippen LogP contribution is -2.25. The average Bonchev–Trinajstić information content (AvgIpc) is 2.49. The van der Waals surface area contributed by atoms with Crippen LogP contribution < -0.4 is 11.1 Å². The summed E-state index contributed by atoms with van der Waals surface area (Å²) in [6.45, 7) is 6.09. The number of carbonyl (C=O) groups is 1. The number of carbonyl (C=O) groups excluding carboxylic acids is 1. The molecule has 1 unspecified atom stereocenters. The van der Waals surface area contributed by atoms with Crippen molar-refractivity contribution < 1.29 is 4.79 Å². The highest BCUT2D eigenvalue weighted by atomic mass is 32.2. The summed E-state index contributed by atoms with van der Waals surface area (Å²) in [6, 6.07) is 13.6. The number of benzene rings is 2. The van der Waals surface area contributed by atoms with E-state index < -0.39 is 0 Å². The third-order valence-electron chi connectivity index (χ3n) is 3.66. The van der Waals surface area contributed by atoms with E-state index in [9.17, 15) is 4.79 Å². The molecule has 0 radical (unpaired) electrons. The first kappa shape index (κ1) is 16.4. The molecule has 0 aromatic heterocycles. The molecule has 3 nitrogen and oxygen atoms in total. The number of nitrogens with two attached hydrogens (primary N) is 1. The molecule has 0 aliphatic carbocycles. The summed E-state index contributed by atoms with van der Waals surface area (Å²) < 4.78 is 0. The molecular weight excluding hydrogens is 292 g/mol. The lowest BCUT2D eigenvalue weighted by molar-refractivity contribution is -0.115. The molecule has 0 spiro atoms. The van der Waals surface area contributed by atoms with E-state index in [2.05, 4.69) is 5.32 Å². The van der Waals surface area contributed by atoms with Gasteiger partial charge in [0, 0.05) is 16.3 Å². The number of rotatable bonds is 5. The molecule has 0 saturated carbocycles. The van der Waals surface area contributed by atoms with Crippen molar-refractivity contribution in [3.8, 4) is 0 Å². The van der Waals surface area contributed by atoms with Gasteiger partial charge < -0.3 is 11.1 Å². The van der Waals surface area contributed by atoms with Crippen molar-refractivity contribution in [2.45, 2.75) is 37.3 Å². The minimum atomic E-state index is -0.137. The third kappa shape index (κ3) is 4.04. The number of nitrogens with one attached hydrogen (secondary N) is 1. The minimum absolute atomic E-state index is 0.0311. The number of amides is 1. The van der Waals surface area contributed by atoms with Crippen molar-refractivity contribution in [3.05, 3.63) is 53.6 Å².